The van der Waals surface area contributed by atoms with Gasteiger partial charge in [0, 0.05) is 43.4 Å². The molecule has 0 saturated carbocycles. The molecule has 0 aromatic heterocycles. The number of rotatable bonds is 5. The van der Waals surface area contributed by atoms with Gasteiger partial charge < -0.3 is 10.0 Å². The Labute approximate surface area is 137 Å². The first-order chi connectivity index (χ1) is 11.2. The third-order valence-corrected chi connectivity index (χ3v) is 4.72. The summed E-state index contributed by atoms with van der Waals surface area (Å²) in [4.78, 5) is 14.7. The molecule has 2 heterocycles. The molecule has 0 spiro atoms. The summed E-state index contributed by atoms with van der Waals surface area (Å²) in [6, 6.07) is 8.05. The van der Waals surface area contributed by atoms with Crippen molar-refractivity contribution in [1.82, 2.24) is 4.90 Å². The van der Waals surface area contributed by atoms with Crippen molar-refractivity contribution in [2.24, 2.45) is 5.10 Å². The predicted molar refractivity (Wildman–Crippen MR) is 91.9 cm³/mol. The highest BCUT2D eigenvalue weighted by Gasteiger charge is 2.28. The van der Waals surface area contributed by atoms with Crippen molar-refractivity contribution in [1.29, 1.82) is 0 Å². The lowest BCUT2D eigenvalue weighted by molar-refractivity contribution is 0.0724. The number of hydrazone groups is 1. The molecule has 5 nitrogen and oxygen atoms in total. The number of amides is 1. The molecular weight excluding hydrogens is 290 g/mol. The van der Waals surface area contributed by atoms with E-state index in [1.807, 2.05) is 41.1 Å². The van der Waals surface area contributed by atoms with Gasteiger partial charge in [0.15, 0.2) is 0 Å². The van der Waals surface area contributed by atoms with Crippen LogP contribution in [0, 0.1) is 0 Å². The van der Waals surface area contributed by atoms with Crippen molar-refractivity contribution in [2.45, 2.75) is 45.1 Å². The highest BCUT2D eigenvalue weighted by atomic mass is 16.3. The maximum Gasteiger partial charge on any atom is 0.254 e. The quantitative estimate of drug-likeness (QED) is 0.909. The van der Waals surface area contributed by atoms with Crippen LogP contribution in [0.5, 0.6) is 0 Å². The zero-order chi connectivity index (χ0) is 16.2. The molecular formula is C18H25N3O2. The fourth-order valence-corrected chi connectivity index (χ4v) is 3.43. The van der Waals surface area contributed by atoms with Crippen molar-refractivity contribution in [2.75, 3.05) is 24.7 Å². The van der Waals surface area contributed by atoms with Crippen molar-refractivity contribution in [3.63, 3.8) is 0 Å². The summed E-state index contributed by atoms with van der Waals surface area (Å²) in [5.41, 5.74) is 2.93. The van der Waals surface area contributed by atoms with Crippen LogP contribution < -0.4 is 5.01 Å². The fourth-order valence-electron chi connectivity index (χ4n) is 3.43. The van der Waals surface area contributed by atoms with E-state index in [1.54, 1.807) is 0 Å². The number of hydrogen-bond donors (Lipinski definition) is 1. The molecule has 1 aromatic rings. The first kappa shape index (κ1) is 16.0. The van der Waals surface area contributed by atoms with E-state index in [4.69, 9.17) is 5.11 Å². The van der Waals surface area contributed by atoms with E-state index >= 15 is 0 Å². The maximum absolute atomic E-state index is 12.7. The minimum atomic E-state index is 0.109. The highest BCUT2D eigenvalue weighted by Crippen LogP contribution is 2.25. The molecule has 1 unspecified atom stereocenters. The van der Waals surface area contributed by atoms with Crippen LogP contribution in [0.15, 0.2) is 29.4 Å². The first-order valence-electron chi connectivity index (χ1n) is 8.52. The normalized spacial score (nSPS) is 21.0. The number of carbonyl (C=O) groups is 1. The summed E-state index contributed by atoms with van der Waals surface area (Å²) >= 11 is 0. The van der Waals surface area contributed by atoms with Gasteiger partial charge in [-0.3, -0.25) is 9.80 Å². The first-order valence-corrected chi connectivity index (χ1v) is 8.52. The van der Waals surface area contributed by atoms with Crippen LogP contribution in [0.25, 0.3) is 0 Å². The van der Waals surface area contributed by atoms with Crippen LogP contribution in [0.2, 0.25) is 0 Å². The van der Waals surface area contributed by atoms with Gasteiger partial charge in [0.2, 0.25) is 0 Å². The van der Waals surface area contributed by atoms with Crippen LogP contribution in [-0.4, -0.2) is 47.4 Å². The molecule has 1 N–H and O–H groups in total. The second-order valence-corrected chi connectivity index (χ2v) is 6.42. The summed E-state index contributed by atoms with van der Waals surface area (Å²) in [5, 5.41) is 15.5. The smallest absolute Gasteiger partial charge is 0.254 e. The molecule has 0 radical (unpaired) electrons. The number of anilines is 1. The zero-order valence-corrected chi connectivity index (χ0v) is 13.7. The van der Waals surface area contributed by atoms with E-state index in [2.05, 4.69) is 5.10 Å². The Hall–Kier alpha value is -1.88. The topological polar surface area (TPSA) is 56.1 Å². The van der Waals surface area contributed by atoms with Crippen molar-refractivity contribution in [3.8, 4) is 0 Å². The Balaban J connectivity index is 1.68. The van der Waals surface area contributed by atoms with Gasteiger partial charge >= 0.3 is 0 Å². The lowest BCUT2D eigenvalue weighted by Crippen LogP contribution is -2.35. The molecule has 2 aliphatic heterocycles. The molecule has 0 bridgehead atoms. The lowest BCUT2D eigenvalue weighted by atomic mass is 10.1. The van der Waals surface area contributed by atoms with Crippen molar-refractivity contribution in [3.05, 3.63) is 29.8 Å². The van der Waals surface area contributed by atoms with Gasteiger partial charge in [-0.2, -0.15) is 5.10 Å². The van der Waals surface area contributed by atoms with Gasteiger partial charge in [0.25, 0.3) is 5.91 Å². The standard InChI is InChI=1S/C18H25N3O2/c1-14-10-12-21(19-14)17-8-6-15(7-9-17)18(23)20-11-2-4-16(20)5-3-13-22/h6-9,16,22H,2-5,10-13H2,1H3. The summed E-state index contributed by atoms with van der Waals surface area (Å²) in [6.45, 7) is 3.97. The molecule has 2 aliphatic rings. The molecule has 3 rings (SSSR count). The molecule has 5 heteroatoms. The summed E-state index contributed by atoms with van der Waals surface area (Å²) in [6.07, 6.45) is 4.76. The van der Waals surface area contributed by atoms with E-state index in [-0.39, 0.29) is 18.6 Å². The largest absolute Gasteiger partial charge is 0.396 e. The fraction of sp³-hybridized carbons (Fsp3) is 0.556. The van der Waals surface area contributed by atoms with Gasteiger partial charge in [-0.1, -0.05) is 0 Å². The number of nitrogens with zero attached hydrogens (tertiary/aromatic N) is 3. The Morgan fingerprint density at radius 1 is 1.30 bits per heavy atom. The van der Waals surface area contributed by atoms with Gasteiger partial charge in [0.1, 0.15) is 0 Å². The molecule has 0 aliphatic carbocycles. The second-order valence-electron chi connectivity index (χ2n) is 6.42. The van der Waals surface area contributed by atoms with E-state index < -0.39 is 0 Å². The number of benzene rings is 1. The Morgan fingerprint density at radius 2 is 2.09 bits per heavy atom. The minimum absolute atomic E-state index is 0.109. The molecule has 1 aromatic carbocycles. The predicted octanol–water partition coefficient (Wildman–Crippen LogP) is 2.65. The van der Waals surface area contributed by atoms with Crippen LogP contribution in [0.1, 0.15) is 49.4 Å². The molecule has 124 valence electrons. The summed E-state index contributed by atoms with van der Waals surface area (Å²) < 4.78 is 0. The van der Waals surface area contributed by atoms with E-state index in [0.717, 1.165) is 62.2 Å². The zero-order valence-electron chi connectivity index (χ0n) is 13.7. The van der Waals surface area contributed by atoms with Crippen LogP contribution in [-0.2, 0) is 0 Å². The average Bonchev–Trinajstić information content (AvgIpc) is 3.21. The Bertz CT molecular complexity index is 582. The lowest BCUT2D eigenvalue weighted by Gasteiger charge is -2.25. The SMILES string of the molecule is CC1=NN(c2ccc(C(=O)N3CCCC3CCCO)cc2)CC1. The third kappa shape index (κ3) is 3.55. The monoisotopic (exact) mass is 315 g/mol. The van der Waals surface area contributed by atoms with Gasteiger partial charge in [-0.05, 0) is 56.9 Å². The second kappa shape index (κ2) is 7.13. The molecule has 1 atom stereocenters. The van der Waals surface area contributed by atoms with E-state index in [9.17, 15) is 4.79 Å². The van der Waals surface area contributed by atoms with Gasteiger partial charge in [0.05, 0.1) is 5.69 Å². The number of hydrogen-bond acceptors (Lipinski definition) is 4. The number of carbonyl (C=O) groups excluding carboxylic acids is 1. The number of likely N-dealkylation sites (tertiary alicyclic amines) is 1. The molecule has 1 fully saturated rings. The number of aliphatic hydroxyl groups excluding tert-OH is 1. The highest BCUT2D eigenvalue weighted by molar-refractivity contribution is 5.95. The third-order valence-electron chi connectivity index (χ3n) is 4.72. The van der Waals surface area contributed by atoms with E-state index in [0.29, 0.717) is 0 Å². The van der Waals surface area contributed by atoms with E-state index in [1.165, 1.54) is 0 Å². The number of aliphatic hydroxyl groups is 1. The maximum atomic E-state index is 12.7. The average molecular weight is 315 g/mol. The van der Waals surface area contributed by atoms with Gasteiger partial charge in [-0.25, -0.2) is 0 Å². The van der Waals surface area contributed by atoms with Crippen LogP contribution in [0.4, 0.5) is 5.69 Å². The molecule has 1 saturated heterocycles. The summed E-state index contributed by atoms with van der Waals surface area (Å²) in [7, 11) is 0. The summed E-state index contributed by atoms with van der Waals surface area (Å²) in [5.74, 6) is 0.109. The Morgan fingerprint density at radius 3 is 2.74 bits per heavy atom. The van der Waals surface area contributed by atoms with Crippen molar-refractivity contribution >= 4 is 17.3 Å². The van der Waals surface area contributed by atoms with Gasteiger partial charge in [-0.15, -0.1) is 0 Å². The van der Waals surface area contributed by atoms with Crippen molar-refractivity contribution < 1.29 is 9.90 Å². The minimum Gasteiger partial charge on any atom is -0.396 e. The molecule has 1 amide bonds. The van der Waals surface area contributed by atoms with Crippen LogP contribution >= 0.6 is 0 Å². The van der Waals surface area contributed by atoms with Crippen LogP contribution in [0.3, 0.4) is 0 Å². The Kier molecular flexibility index (Phi) is 4.96. The molecule has 23 heavy (non-hydrogen) atoms.